The van der Waals surface area contributed by atoms with Gasteiger partial charge in [0.1, 0.15) is 0 Å². The molecule has 2 heterocycles. The van der Waals surface area contributed by atoms with Gasteiger partial charge in [-0.15, -0.1) is 0 Å². The number of amides is 1. The van der Waals surface area contributed by atoms with Gasteiger partial charge in [-0.25, -0.2) is 0 Å². The monoisotopic (exact) mass is 196 g/mol. The molecule has 0 aliphatic carbocycles. The van der Waals surface area contributed by atoms with Gasteiger partial charge in [0.25, 0.3) is 0 Å². The number of rotatable bonds is 2. The van der Waals surface area contributed by atoms with Gasteiger partial charge in [-0.1, -0.05) is 6.42 Å². The molecule has 2 rings (SSSR count). The van der Waals surface area contributed by atoms with E-state index in [1.54, 1.807) is 0 Å². The molecule has 0 saturated carbocycles. The first-order valence-electron chi connectivity index (χ1n) is 5.85. The van der Waals surface area contributed by atoms with E-state index < -0.39 is 0 Å². The van der Waals surface area contributed by atoms with Crippen molar-refractivity contribution in [1.29, 1.82) is 0 Å². The van der Waals surface area contributed by atoms with Gasteiger partial charge in [-0.3, -0.25) is 4.79 Å². The van der Waals surface area contributed by atoms with Gasteiger partial charge in [-0.2, -0.15) is 0 Å². The van der Waals surface area contributed by atoms with Gasteiger partial charge < -0.3 is 10.2 Å². The Bertz CT molecular complexity index is 199. The maximum atomic E-state index is 11.7. The standard InChI is InChI=1S/C11H20N2O/c14-11-4-2-1-3-7-13(11)9-10-5-6-12-8-10/h10,12H,1-9H2. The minimum atomic E-state index is 0.384. The maximum absolute atomic E-state index is 11.7. The van der Waals surface area contributed by atoms with Crippen LogP contribution in [0.2, 0.25) is 0 Å². The van der Waals surface area contributed by atoms with Crippen LogP contribution in [-0.4, -0.2) is 37.0 Å². The summed E-state index contributed by atoms with van der Waals surface area (Å²) in [4.78, 5) is 13.8. The number of hydrogen-bond acceptors (Lipinski definition) is 2. The zero-order valence-corrected chi connectivity index (χ0v) is 8.80. The number of carbonyl (C=O) groups excluding carboxylic acids is 1. The molecule has 2 saturated heterocycles. The van der Waals surface area contributed by atoms with Crippen LogP contribution in [-0.2, 0) is 4.79 Å². The summed E-state index contributed by atoms with van der Waals surface area (Å²) in [5.41, 5.74) is 0. The molecule has 14 heavy (non-hydrogen) atoms. The van der Waals surface area contributed by atoms with Crippen molar-refractivity contribution in [3.63, 3.8) is 0 Å². The highest BCUT2D eigenvalue weighted by atomic mass is 16.2. The van der Waals surface area contributed by atoms with Gasteiger partial charge in [0.2, 0.25) is 5.91 Å². The Hall–Kier alpha value is -0.570. The molecular weight excluding hydrogens is 176 g/mol. The first-order chi connectivity index (χ1) is 6.86. The van der Waals surface area contributed by atoms with E-state index in [0.29, 0.717) is 11.8 Å². The Morgan fingerprint density at radius 2 is 2.29 bits per heavy atom. The number of carbonyl (C=O) groups is 1. The number of hydrogen-bond donors (Lipinski definition) is 1. The molecule has 1 amide bonds. The third-order valence-corrected chi connectivity index (χ3v) is 3.31. The maximum Gasteiger partial charge on any atom is 0.222 e. The Kier molecular flexibility index (Phi) is 3.40. The predicted molar refractivity (Wildman–Crippen MR) is 56.0 cm³/mol. The van der Waals surface area contributed by atoms with E-state index in [4.69, 9.17) is 0 Å². The second kappa shape index (κ2) is 4.78. The Morgan fingerprint density at radius 3 is 3.07 bits per heavy atom. The Labute approximate surface area is 85.8 Å². The fraction of sp³-hybridized carbons (Fsp3) is 0.909. The molecule has 0 bridgehead atoms. The van der Waals surface area contributed by atoms with Crippen LogP contribution in [0.15, 0.2) is 0 Å². The highest BCUT2D eigenvalue weighted by molar-refractivity contribution is 5.76. The first kappa shape index (κ1) is 9.97. The smallest absolute Gasteiger partial charge is 0.222 e. The van der Waals surface area contributed by atoms with E-state index in [9.17, 15) is 4.79 Å². The van der Waals surface area contributed by atoms with Gasteiger partial charge in [0.15, 0.2) is 0 Å². The van der Waals surface area contributed by atoms with Crippen LogP contribution in [0.25, 0.3) is 0 Å². The third-order valence-electron chi connectivity index (χ3n) is 3.31. The van der Waals surface area contributed by atoms with E-state index in [-0.39, 0.29) is 0 Å². The van der Waals surface area contributed by atoms with Crippen molar-refractivity contribution < 1.29 is 4.79 Å². The third kappa shape index (κ3) is 2.47. The minimum absolute atomic E-state index is 0.384. The molecule has 1 atom stereocenters. The van der Waals surface area contributed by atoms with Crippen LogP contribution in [0.4, 0.5) is 0 Å². The molecule has 2 aliphatic rings. The zero-order chi connectivity index (χ0) is 9.80. The van der Waals surface area contributed by atoms with Gasteiger partial charge >= 0.3 is 0 Å². The quantitative estimate of drug-likeness (QED) is 0.714. The van der Waals surface area contributed by atoms with Crippen LogP contribution in [0.5, 0.6) is 0 Å². The molecule has 1 N–H and O–H groups in total. The SMILES string of the molecule is O=C1CCCCCN1CC1CCNC1. The van der Waals surface area contributed by atoms with Gasteiger partial charge in [0, 0.05) is 19.5 Å². The van der Waals surface area contributed by atoms with Gasteiger partial charge in [-0.05, 0) is 38.3 Å². The number of nitrogens with one attached hydrogen (secondary N) is 1. The van der Waals surface area contributed by atoms with Crippen LogP contribution in [0, 0.1) is 5.92 Å². The largest absolute Gasteiger partial charge is 0.342 e. The molecule has 1 unspecified atom stereocenters. The molecule has 0 spiro atoms. The molecule has 0 aromatic rings. The average Bonchev–Trinajstić information content (AvgIpc) is 2.60. The normalized spacial score (nSPS) is 29.3. The van der Waals surface area contributed by atoms with E-state index in [1.807, 2.05) is 0 Å². The molecule has 80 valence electrons. The van der Waals surface area contributed by atoms with Gasteiger partial charge in [0.05, 0.1) is 0 Å². The van der Waals surface area contributed by atoms with Crippen molar-refractivity contribution in [2.24, 2.45) is 5.92 Å². The Balaban J connectivity index is 1.84. The number of nitrogens with zero attached hydrogens (tertiary/aromatic N) is 1. The summed E-state index contributed by atoms with van der Waals surface area (Å²) < 4.78 is 0. The lowest BCUT2D eigenvalue weighted by Gasteiger charge is -2.23. The molecule has 3 nitrogen and oxygen atoms in total. The summed E-state index contributed by atoms with van der Waals surface area (Å²) >= 11 is 0. The van der Waals surface area contributed by atoms with E-state index >= 15 is 0 Å². The van der Waals surface area contributed by atoms with E-state index in [0.717, 1.165) is 39.0 Å². The lowest BCUT2D eigenvalue weighted by molar-refractivity contribution is -0.131. The fourth-order valence-electron chi connectivity index (χ4n) is 2.41. The predicted octanol–water partition coefficient (Wildman–Crippen LogP) is 0.998. The molecule has 0 aromatic carbocycles. The molecule has 2 fully saturated rings. The zero-order valence-electron chi connectivity index (χ0n) is 8.80. The van der Waals surface area contributed by atoms with Crippen molar-refractivity contribution in [3.8, 4) is 0 Å². The van der Waals surface area contributed by atoms with Crippen molar-refractivity contribution >= 4 is 5.91 Å². The lowest BCUT2D eigenvalue weighted by Crippen LogP contribution is -2.35. The van der Waals surface area contributed by atoms with Crippen LogP contribution in [0.1, 0.15) is 32.1 Å². The van der Waals surface area contributed by atoms with Crippen molar-refractivity contribution in [3.05, 3.63) is 0 Å². The number of likely N-dealkylation sites (tertiary alicyclic amines) is 1. The summed E-state index contributed by atoms with van der Waals surface area (Å²) in [5.74, 6) is 1.09. The molecule has 0 radical (unpaired) electrons. The minimum Gasteiger partial charge on any atom is -0.342 e. The fourth-order valence-corrected chi connectivity index (χ4v) is 2.41. The highest BCUT2D eigenvalue weighted by Crippen LogP contribution is 2.15. The second-order valence-electron chi connectivity index (χ2n) is 4.51. The first-order valence-corrected chi connectivity index (χ1v) is 5.85. The van der Waals surface area contributed by atoms with E-state index in [1.165, 1.54) is 19.3 Å². The van der Waals surface area contributed by atoms with Crippen molar-refractivity contribution in [2.75, 3.05) is 26.2 Å². The van der Waals surface area contributed by atoms with E-state index in [2.05, 4.69) is 10.2 Å². The topological polar surface area (TPSA) is 32.3 Å². The molecule has 2 aliphatic heterocycles. The summed E-state index contributed by atoms with van der Waals surface area (Å²) in [6.07, 6.45) is 5.54. The average molecular weight is 196 g/mol. The van der Waals surface area contributed by atoms with Crippen LogP contribution >= 0.6 is 0 Å². The summed E-state index contributed by atoms with van der Waals surface area (Å²) in [7, 11) is 0. The summed E-state index contributed by atoms with van der Waals surface area (Å²) in [6.45, 7) is 4.22. The summed E-state index contributed by atoms with van der Waals surface area (Å²) in [5, 5.41) is 3.35. The van der Waals surface area contributed by atoms with Crippen molar-refractivity contribution in [2.45, 2.75) is 32.1 Å². The Morgan fingerprint density at radius 1 is 1.36 bits per heavy atom. The second-order valence-corrected chi connectivity index (χ2v) is 4.51. The molecule has 3 heteroatoms. The highest BCUT2D eigenvalue weighted by Gasteiger charge is 2.22. The molecular formula is C11H20N2O. The van der Waals surface area contributed by atoms with Crippen LogP contribution in [0.3, 0.4) is 0 Å². The van der Waals surface area contributed by atoms with Crippen molar-refractivity contribution in [1.82, 2.24) is 10.2 Å². The molecule has 0 aromatic heterocycles. The lowest BCUT2D eigenvalue weighted by atomic mass is 10.1. The summed E-state index contributed by atoms with van der Waals surface area (Å²) in [6, 6.07) is 0. The van der Waals surface area contributed by atoms with Crippen LogP contribution < -0.4 is 5.32 Å².